The van der Waals surface area contributed by atoms with Gasteiger partial charge in [0.25, 0.3) is 0 Å². The Labute approximate surface area is 123 Å². The number of halogens is 1. The molecule has 1 atom stereocenters. The Balaban J connectivity index is 2.28. The Hall–Kier alpha value is -1.52. The predicted molar refractivity (Wildman–Crippen MR) is 80.4 cm³/mol. The fraction of sp³-hybridized carbons (Fsp3) is 0.400. The van der Waals surface area contributed by atoms with Gasteiger partial charge in [0.2, 0.25) is 0 Å². The van der Waals surface area contributed by atoms with Crippen molar-refractivity contribution in [2.75, 3.05) is 25.1 Å². The predicted octanol–water partition coefficient (Wildman–Crippen LogP) is 3.05. The Morgan fingerprint density at radius 1 is 1.55 bits per heavy atom. The van der Waals surface area contributed by atoms with Crippen LogP contribution in [0.4, 0.5) is 5.69 Å². The molecule has 1 aromatic carbocycles. The maximum atomic E-state index is 10.7. The molecule has 1 aromatic rings. The van der Waals surface area contributed by atoms with Crippen molar-refractivity contribution in [1.29, 1.82) is 0 Å². The summed E-state index contributed by atoms with van der Waals surface area (Å²) in [5.41, 5.74) is 1.81. The normalized spacial score (nSPS) is 19.5. The number of rotatable bonds is 4. The fourth-order valence-electron chi connectivity index (χ4n) is 2.46. The van der Waals surface area contributed by atoms with Gasteiger partial charge in [0, 0.05) is 37.0 Å². The number of hydrogen-bond acceptors (Lipinski definition) is 3. The molecule has 1 aliphatic heterocycles. The second-order valence-electron chi connectivity index (χ2n) is 4.82. The summed E-state index contributed by atoms with van der Waals surface area (Å²) in [6.07, 6.45) is 5.05. The van der Waals surface area contributed by atoms with Crippen molar-refractivity contribution in [2.24, 2.45) is 0 Å². The number of hydrogen-bond donors (Lipinski definition) is 1. The lowest BCUT2D eigenvalue weighted by Gasteiger charge is -2.34. The minimum Gasteiger partial charge on any atom is -0.478 e. The van der Waals surface area contributed by atoms with E-state index in [1.807, 2.05) is 12.1 Å². The van der Waals surface area contributed by atoms with Gasteiger partial charge in [-0.3, -0.25) is 0 Å². The van der Waals surface area contributed by atoms with Crippen LogP contribution in [0.25, 0.3) is 6.08 Å². The van der Waals surface area contributed by atoms with E-state index in [2.05, 4.69) is 4.90 Å². The zero-order valence-corrected chi connectivity index (χ0v) is 12.1. The summed E-state index contributed by atoms with van der Waals surface area (Å²) in [6, 6.07) is 5.54. The third-order valence-electron chi connectivity index (χ3n) is 3.45. The maximum Gasteiger partial charge on any atom is 0.328 e. The molecule has 108 valence electrons. The molecule has 1 N–H and O–H groups in total. The summed E-state index contributed by atoms with van der Waals surface area (Å²) in [5.74, 6) is -0.968. The van der Waals surface area contributed by atoms with E-state index in [1.165, 1.54) is 0 Å². The Bertz CT molecular complexity index is 516. The van der Waals surface area contributed by atoms with Crippen LogP contribution in [0.2, 0.25) is 5.02 Å². The van der Waals surface area contributed by atoms with Crippen LogP contribution < -0.4 is 4.90 Å². The van der Waals surface area contributed by atoms with Crippen LogP contribution in [0.5, 0.6) is 0 Å². The molecule has 20 heavy (non-hydrogen) atoms. The molecule has 0 bridgehead atoms. The number of aliphatic carboxylic acids is 1. The first-order valence-corrected chi connectivity index (χ1v) is 6.96. The molecule has 4 nitrogen and oxygen atoms in total. The van der Waals surface area contributed by atoms with E-state index in [4.69, 9.17) is 21.4 Å². The largest absolute Gasteiger partial charge is 0.478 e. The smallest absolute Gasteiger partial charge is 0.328 e. The van der Waals surface area contributed by atoms with E-state index in [9.17, 15) is 4.79 Å². The van der Waals surface area contributed by atoms with Crippen LogP contribution in [0.3, 0.4) is 0 Å². The highest BCUT2D eigenvalue weighted by Gasteiger charge is 2.21. The third kappa shape index (κ3) is 3.74. The average molecular weight is 296 g/mol. The number of anilines is 1. The SMILES string of the molecule is COC1CCCN(c2ccc(Cl)cc2/C=C/C(=O)O)C1. The first kappa shape index (κ1) is 14.9. The summed E-state index contributed by atoms with van der Waals surface area (Å²) >= 11 is 6.00. The molecule has 5 heteroatoms. The van der Waals surface area contributed by atoms with Gasteiger partial charge in [-0.15, -0.1) is 0 Å². The van der Waals surface area contributed by atoms with Gasteiger partial charge in [-0.25, -0.2) is 4.79 Å². The maximum absolute atomic E-state index is 10.7. The molecular formula is C15H18ClNO3. The van der Waals surface area contributed by atoms with Crippen LogP contribution in [0.1, 0.15) is 18.4 Å². The lowest BCUT2D eigenvalue weighted by molar-refractivity contribution is -0.131. The first-order chi connectivity index (χ1) is 9.60. The Morgan fingerprint density at radius 3 is 3.05 bits per heavy atom. The molecule has 0 saturated carbocycles. The average Bonchev–Trinajstić information content (AvgIpc) is 2.45. The highest BCUT2D eigenvalue weighted by atomic mass is 35.5. The number of carboxylic acid groups (broad SMARTS) is 1. The van der Waals surface area contributed by atoms with Crippen molar-refractivity contribution >= 4 is 29.3 Å². The van der Waals surface area contributed by atoms with Crippen molar-refractivity contribution < 1.29 is 14.6 Å². The molecule has 0 spiro atoms. The van der Waals surface area contributed by atoms with E-state index in [1.54, 1.807) is 19.3 Å². The van der Waals surface area contributed by atoms with Gasteiger partial charge >= 0.3 is 5.97 Å². The van der Waals surface area contributed by atoms with Gasteiger partial charge in [-0.05, 0) is 42.7 Å². The van der Waals surface area contributed by atoms with E-state index >= 15 is 0 Å². The molecule has 1 saturated heterocycles. The zero-order chi connectivity index (χ0) is 14.5. The third-order valence-corrected chi connectivity index (χ3v) is 3.68. The number of nitrogens with zero attached hydrogens (tertiary/aromatic N) is 1. The lowest BCUT2D eigenvalue weighted by Crippen LogP contribution is -2.39. The Kier molecular flexibility index (Phi) is 5.04. The second kappa shape index (κ2) is 6.77. The van der Waals surface area contributed by atoms with Crippen molar-refractivity contribution in [2.45, 2.75) is 18.9 Å². The highest BCUT2D eigenvalue weighted by Crippen LogP contribution is 2.28. The van der Waals surface area contributed by atoms with E-state index in [0.717, 1.165) is 43.3 Å². The molecule has 1 aliphatic rings. The summed E-state index contributed by atoms with van der Waals surface area (Å²) in [4.78, 5) is 12.9. The number of piperidine rings is 1. The van der Waals surface area contributed by atoms with Crippen molar-refractivity contribution in [3.63, 3.8) is 0 Å². The molecule has 0 aliphatic carbocycles. The van der Waals surface area contributed by atoms with Crippen LogP contribution in [0, 0.1) is 0 Å². The van der Waals surface area contributed by atoms with E-state index in [-0.39, 0.29) is 6.10 Å². The highest BCUT2D eigenvalue weighted by molar-refractivity contribution is 6.30. The van der Waals surface area contributed by atoms with Gasteiger partial charge < -0.3 is 14.7 Å². The van der Waals surface area contributed by atoms with Gasteiger partial charge in [-0.2, -0.15) is 0 Å². The summed E-state index contributed by atoms with van der Waals surface area (Å²) in [5, 5.41) is 9.37. The van der Waals surface area contributed by atoms with E-state index in [0.29, 0.717) is 5.02 Å². The van der Waals surface area contributed by atoms with Crippen molar-refractivity contribution in [3.8, 4) is 0 Å². The molecule has 0 radical (unpaired) electrons. The summed E-state index contributed by atoms with van der Waals surface area (Å²) in [6.45, 7) is 1.75. The quantitative estimate of drug-likeness (QED) is 0.868. The van der Waals surface area contributed by atoms with Gasteiger partial charge in [0.15, 0.2) is 0 Å². The molecule has 1 heterocycles. The van der Waals surface area contributed by atoms with Crippen LogP contribution in [-0.2, 0) is 9.53 Å². The van der Waals surface area contributed by atoms with E-state index < -0.39 is 5.97 Å². The van der Waals surface area contributed by atoms with Crippen LogP contribution in [0.15, 0.2) is 24.3 Å². The van der Waals surface area contributed by atoms with Gasteiger partial charge in [0.05, 0.1) is 6.10 Å². The minimum atomic E-state index is -0.968. The van der Waals surface area contributed by atoms with Gasteiger partial charge in [0.1, 0.15) is 0 Å². The standard InChI is InChI=1S/C15H18ClNO3/c1-20-13-3-2-8-17(10-13)14-6-5-12(16)9-11(14)4-7-15(18)19/h4-7,9,13H,2-3,8,10H2,1H3,(H,18,19)/b7-4+. The topological polar surface area (TPSA) is 49.8 Å². The zero-order valence-electron chi connectivity index (χ0n) is 11.4. The number of carboxylic acids is 1. The molecule has 0 aromatic heterocycles. The second-order valence-corrected chi connectivity index (χ2v) is 5.26. The Morgan fingerprint density at radius 2 is 2.35 bits per heavy atom. The number of methoxy groups -OCH3 is 1. The lowest BCUT2D eigenvalue weighted by atomic mass is 10.0. The molecule has 2 rings (SSSR count). The van der Waals surface area contributed by atoms with Crippen molar-refractivity contribution in [3.05, 3.63) is 34.9 Å². The number of ether oxygens (including phenoxy) is 1. The van der Waals surface area contributed by atoms with Crippen molar-refractivity contribution in [1.82, 2.24) is 0 Å². The first-order valence-electron chi connectivity index (χ1n) is 6.58. The monoisotopic (exact) mass is 295 g/mol. The molecule has 1 fully saturated rings. The fourth-order valence-corrected chi connectivity index (χ4v) is 2.64. The number of benzene rings is 1. The minimum absolute atomic E-state index is 0.218. The van der Waals surface area contributed by atoms with Gasteiger partial charge in [-0.1, -0.05) is 11.6 Å². The molecular weight excluding hydrogens is 278 g/mol. The summed E-state index contributed by atoms with van der Waals surface area (Å²) < 4.78 is 5.42. The molecule has 1 unspecified atom stereocenters. The van der Waals surface area contributed by atoms with Crippen LogP contribution >= 0.6 is 11.6 Å². The molecule has 0 amide bonds. The summed E-state index contributed by atoms with van der Waals surface area (Å²) in [7, 11) is 1.72. The van der Waals surface area contributed by atoms with Crippen LogP contribution in [-0.4, -0.2) is 37.4 Å². The number of carbonyl (C=O) groups is 1.